The van der Waals surface area contributed by atoms with Gasteiger partial charge in [0, 0.05) is 31.7 Å². The number of allylic oxidation sites excluding steroid dienone is 2. The molecule has 32 heavy (non-hydrogen) atoms. The van der Waals surface area contributed by atoms with E-state index >= 15 is 0 Å². The molecule has 0 spiro atoms. The van der Waals surface area contributed by atoms with E-state index in [1.165, 1.54) is 6.08 Å². The van der Waals surface area contributed by atoms with Crippen molar-refractivity contribution in [2.75, 3.05) is 19.8 Å². The third-order valence-corrected chi connectivity index (χ3v) is 4.71. The Labute approximate surface area is 190 Å². The van der Waals surface area contributed by atoms with Crippen LogP contribution in [0, 0.1) is 0 Å². The second kappa shape index (κ2) is 15.3. The number of nitrogens with one attached hydrogen (secondary N) is 2. The van der Waals surface area contributed by atoms with Crippen LogP contribution in [-0.4, -0.2) is 49.0 Å². The molecule has 0 aromatic heterocycles. The minimum Gasteiger partial charge on any atom is -0.394 e. The first-order chi connectivity index (χ1) is 15.6. The monoisotopic (exact) mass is 445 g/mol. The molecular weight excluding hydrogens is 410 g/mol. The summed E-state index contributed by atoms with van der Waals surface area (Å²) in [4.78, 5) is 21.6. The summed E-state index contributed by atoms with van der Waals surface area (Å²) in [5, 5.41) is 12.9. The summed E-state index contributed by atoms with van der Waals surface area (Å²) in [5.74, 6) is 0.364. The van der Waals surface area contributed by atoms with E-state index in [-0.39, 0.29) is 24.8 Å². The number of aliphatic imine (C=N–C) groups is 1. The number of aliphatic hydroxyl groups excluding tert-OH is 1. The summed E-state index contributed by atoms with van der Waals surface area (Å²) >= 11 is 0. The molecule has 2 atom stereocenters. The molecule has 8 nitrogen and oxygen atoms in total. The third-order valence-electron chi connectivity index (χ3n) is 4.71. The molecule has 0 saturated carbocycles. The highest BCUT2D eigenvalue weighted by atomic mass is 16.8. The number of hydrogen-bond donors (Lipinski definition) is 3. The number of aliphatic hydroxyl groups is 1. The summed E-state index contributed by atoms with van der Waals surface area (Å²) in [6, 6.07) is 9.63. The molecule has 1 heterocycles. The fraction of sp³-hybridized carbons (Fsp3) is 0.500. The molecular formula is C24H35N3O5. The Bertz CT molecular complexity index is 758. The van der Waals surface area contributed by atoms with Crippen LogP contribution in [0.4, 0.5) is 0 Å². The molecule has 1 aromatic rings. The molecule has 0 aliphatic carbocycles. The smallest absolute Gasteiger partial charge is 0.267 e. The zero-order valence-electron chi connectivity index (χ0n) is 19.0. The first-order valence-corrected chi connectivity index (χ1v) is 11.1. The lowest BCUT2D eigenvalue weighted by atomic mass is 10.2. The zero-order chi connectivity index (χ0) is 23.0. The van der Waals surface area contributed by atoms with Crippen molar-refractivity contribution in [2.24, 2.45) is 4.99 Å². The van der Waals surface area contributed by atoms with E-state index in [4.69, 9.17) is 14.3 Å². The number of carbonyl (C=O) groups is 1. The van der Waals surface area contributed by atoms with Crippen molar-refractivity contribution in [3.05, 3.63) is 59.8 Å². The predicted molar refractivity (Wildman–Crippen MR) is 124 cm³/mol. The Morgan fingerprint density at radius 1 is 1.31 bits per heavy atom. The van der Waals surface area contributed by atoms with Gasteiger partial charge in [-0.25, -0.2) is 15.3 Å². The number of carbonyl (C=O) groups excluding carboxylic acids is 1. The third kappa shape index (κ3) is 10.7. The summed E-state index contributed by atoms with van der Waals surface area (Å²) in [7, 11) is 0. The topological polar surface area (TPSA) is 101 Å². The van der Waals surface area contributed by atoms with Crippen LogP contribution >= 0.6 is 0 Å². The van der Waals surface area contributed by atoms with Gasteiger partial charge in [0.15, 0.2) is 6.29 Å². The molecule has 0 radical (unpaired) electrons. The lowest BCUT2D eigenvalue weighted by Crippen LogP contribution is -2.40. The molecule has 1 amide bonds. The maximum absolute atomic E-state index is 11.9. The highest BCUT2D eigenvalue weighted by molar-refractivity contribution is 5.87. The molecule has 0 bridgehead atoms. The number of rotatable bonds is 12. The SMILES string of the molecule is CC\C(=N/C=C(C)/C=C/C(=O)NOC1CCCCO1)N[C@H](CO)COCc1ccccc1. The van der Waals surface area contributed by atoms with Gasteiger partial charge in [0.2, 0.25) is 0 Å². The summed E-state index contributed by atoms with van der Waals surface area (Å²) in [6.45, 7) is 5.25. The minimum absolute atomic E-state index is 0.0682. The van der Waals surface area contributed by atoms with E-state index in [0.717, 1.165) is 36.2 Å². The molecule has 1 aromatic carbocycles. The van der Waals surface area contributed by atoms with Gasteiger partial charge >= 0.3 is 0 Å². The Morgan fingerprint density at radius 2 is 2.12 bits per heavy atom. The molecule has 1 aliphatic rings. The van der Waals surface area contributed by atoms with Gasteiger partial charge in [-0.2, -0.15) is 0 Å². The maximum atomic E-state index is 11.9. The van der Waals surface area contributed by atoms with E-state index < -0.39 is 0 Å². The summed E-state index contributed by atoms with van der Waals surface area (Å²) < 4.78 is 11.1. The fourth-order valence-electron chi connectivity index (χ4n) is 2.89. The lowest BCUT2D eigenvalue weighted by molar-refractivity contribution is -0.198. The molecule has 176 valence electrons. The minimum atomic E-state index is -0.378. The lowest BCUT2D eigenvalue weighted by Gasteiger charge is -2.21. The average Bonchev–Trinajstić information content (AvgIpc) is 2.84. The van der Waals surface area contributed by atoms with Gasteiger partial charge < -0.3 is 19.9 Å². The number of benzene rings is 1. The van der Waals surface area contributed by atoms with Crippen LogP contribution in [0.2, 0.25) is 0 Å². The molecule has 3 N–H and O–H groups in total. The molecule has 1 saturated heterocycles. The highest BCUT2D eigenvalue weighted by Gasteiger charge is 2.15. The van der Waals surface area contributed by atoms with E-state index in [1.807, 2.05) is 44.2 Å². The van der Waals surface area contributed by atoms with Crippen molar-refractivity contribution in [2.45, 2.75) is 58.5 Å². The van der Waals surface area contributed by atoms with Gasteiger partial charge in [-0.05, 0) is 30.9 Å². The van der Waals surface area contributed by atoms with Crippen LogP contribution in [0.3, 0.4) is 0 Å². The molecule has 1 aliphatic heterocycles. The fourth-order valence-corrected chi connectivity index (χ4v) is 2.89. The predicted octanol–water partition coefficient (Wildman–Crippen LogP) is 3.00. The average molecular weight is 446 g/mol. The van der Waals surface area contributed by atoms with Crippen LogP contribution in [0.5, 0.6) is 0 Å². The van der Waals surface area contributed by atoms with Crippen LogP contribution in [-0.2, 0) is 25.7 Å². The van der Waals surface area contributed by atoms with Gasteiger partial charge in [-0.1, -0.05) is 43.3 Å². The van der Waals surface area contributed by atoms with Gasteiger partial charge in [-0.3, -0.25) is 4.79 Å². The second-order valence-corrected chi connectivity index (χ2v) is 7.54. The van der Waals surface area contributed by atoms with E-state index in [9.17, 15) is 9.90 Å². The van der Waals surface area contributed by atoms with Crippen molar-refractivity contribution in [1.82, 2.24) is 10.8 Å². The van der Waals surface area contributed by atoms with E-state index in [1.54, 1.807) is 12.3 Å². The number of nitrogens with zero attached hydrogens (tertiary/aromatic N) is 1. The van der Waals surface area contributed by atoms with Gasteiger partial charge in [0.25, 0.3) is 5.91 Å². The number of hydrogen-bond acceptors (Lipinski definition) is 6. The number of amides is 1. The Kier molecular flexibility index (Phi) is 12.3. The molecule has 1 unspecified atom stereocenters. The highest BCUT2D eigenvalue weighted by Crippen LogP contribution is 2.12. The Morgan fingerprint density at radius 3 is 2.81 bits per heavy atom. The Hall–Kier alpha value is -2.52. The molecule has 1 fully saturated rings. The van der Waals surface area contributed by atoms with Crippen LogP contribution < -0.4 is 10.8 Å². The van der Waals surface area contributed by atoms with Crippen LogP contribution in [0.15, 0.2) is 59.2 Å². The number of hydroxylamine groups is 1. The van der Waals surface area contributed by atoms with E-state index in [0.29, 0.717) is 26.2 Å². The van der Waals surface area contributed by atoms with Gasteiger partial charge in [-0.15, -0.1) is 0 Å². The molecule has 8 heteroatoms. The first-order valence-electron chi connectivity index (χ1n) is 11.1. The second-order valence-electron chi connectivity index (χ2n) is 7.54. The maximum Gasteiger partial charge on any atom is 0.267 e. The van der Waals surface area contributed by atoms with Crippen LogP contribution in [0.1, 0.15) is 45.1 Å². The van der Waals surface area contributed by atoms with Crippen molar-refractivity contribution in [3.8, 4) is 0 Å². The largest absolute Gasteiger partial charge is 0.394 e. The van der Waals surface area contributed by atoms with E-state index in [2.05, 4.69) is 15.8 Å². The standard InChI is InChI=1S/C24H35N3O5/c1-3-22(26-21(16-28)18-30-17-20-9-5-4-6-10-20)25-15-19(2)12-13-23(29)27-32-24-11-7-8-14-31-24/h4-6,9-10,12-13,15,21,24,28H,3,7-8,11,14,16-18H2,1-2H3,(H,25,26)(H,27,29)/b13-12+,19-15+/t21-,24?/m1/s1. The number of amidine groups is 1. The first kappa shape index (κ1) is 25.7. The summed E-state index contributed by atoms with van der Waals surface area (Å²) in [6.07, 6.45) is 7.82. The van der Waals surface area contributed by atoms with Crippen molar-refractivity contribution in [3.63, 3.8) is 0 Å². The van der Waals surface area contributed by atoms with Gasteiger partial charge in [0.05, 0.1) is 25.9 Å². The Balaban J connectivity index is 1.76. The van der Waals surface area contributed by atoms with Crippen molar-refractivity contribution in [1.29, 1.82) is 0 Å². The normalized spacial score (nSPS) is 18.5. The zero-order valence-corrected chi connectivity index (χ0v) is 19.0. The number of ether oxygens (including phenoxy) is 2. The van der Waals surface area contributed by atoms with Crippen LogP contribution in [0.25, 0.3) is 0 Å². The van der Waals surface area contributed by atoms with Crippen molar-refractivity contribution < 1.29 is 24.2 Å². The molecule has 2 rings (SSSR count). The quantitative estimate of drug-likeness (QED) is 0.150. The van der Waals surface area contributed by atoms with Gasteiger partial charge in [0.1, 0.15) is 5.84 Å². The summed E-state index contributed by atoms with van der Waals surface area (Å²) in [5.41, 5.74) is 4.26. The van der Waals surface area contributed by atoms with Crippen molar-refractivity contribution >= 4 is 11.7 Å².